The van der Waals surface area contributed by atoms with E-state index in [0.717, 1.165) is 16.3 Å². The topological polar surface area (TPSA) is 75.7 Å². The van der Waals surface area contributed by atoms with Gasteiger partial charge in [0.25, 0.3) is 10.0 Å². The normalized spacial score (nSPS) is 11.1. The molecule has 0 aromatic heterocycles. The Morgan fingerprint density at radius 1 is 1.19 bits per heavy atom. The molecule has 6 nitrogen and oxygen atoms in total. The number of benzene rings is 2. The summed E-state index contributed by atoms with van der Waals surface area (Å²) in [5, 5.41) is 3.04. The summed E-state index contributed by atoms with van der Waals surface area (Å²) >= 11 is 6.08. The number of nitrogens with zero attached hydrogens (tertiary/aromatic N) is 1. The third-order valence-electron chi connectivity index (χ3n) is 3.88. The first-order chi connectivity index (χ1) is 12.8. The van der Waals surface area contributed by atoms with Crippen LogP contribution in [0, 0.1) is 6.92 Å². The van der Waals surface area contributed by atoms with Gasteiger partial charge in [-0.15, -0.1) is 0 Å². The summed E-state index contributed by atoms with van der Waals surface area (Å²) in [7, 11) is -2.58. The van der Waals surface area contributed by atoms with Crippen molar-refractivity contribution in [1.29, 1.82) is 0 Å². The van der Waals surface area contributed by atoms with Crippen LogP contribution < -0.4 is 14.4 Å². The molecule has 0 saturated heterocycles. The van der Waals surface area contributed by atoms with Crippen LogP contribution in [0.4, 0.5) is 5.69 Å². The summed E-state index contributed by atoms with van der Waals surface area (Å²) in [5.41, 5.74) is 1.14. The van der Waals surface area contributed by atoms with E-state index in [0.29, 0.717) is 17.3 Å². The molecule has 2 aromatic carbocycles. The maximum absolute atomic E-state index is 13.3. The number of hydrogen-bond acceptors (Lipinski definition) is 4. The van der Waals surface area contributed by atoms with Gasteiger partial charge in [0.2, 0.25) is 5.91 Å². The van der Waals surface area contributed by atoms with Gasteiger partial charge in [-0.3, -0.25) is 9.10 Å². The van der Waals surface area contributed by atoms with Crippen LogP contribution in [-0.4, -0.2) is 34.5 Å². The molecule has 1 N–H and O–H groups in total. The van der Waals surface area contributed by atoms with Crippen molar-refractivity contribution in [2.45, 2.75) is 25.2 Å². The Hall–Kier alpha value is -2.25. The Morgan fingerprint density at radius 3 is 2.44 bits per heavy atom. The number of anilines is 1. The lowest BCUT2D eigenvalue weighted by Crippen LogP contribution is -2.41. The molecule has 0 spiro atoms. The number of amides is 1. The predicted molar refractivity (Wildman–Crippen MR) is 107 cm³/mol. The van der Waals surface area contributed by atoms with Crippen molar-refractivity contribution in [3.05, 3.63) is 53.1 Å². The summed E-state index contributed by atoms with van der Waals surface area (Å²) in [6.07, 6.45) is 0.747. The smallest absolute Gasteiger partial charge is 0.264 e. The minimum Gasteiger partial charge on any atom is -0.495 e. The maximum atomic E-state index is 13.3. The molecule has 2 rings (SSSR count). The highest BCUT2D eigenvalue weighted by Gasteiger charge is 2.29. The monoisotopic (exact) mass is 410 g/mol. The van der Waals surface area contributed by atoms with E-state index in [1.54, 1.807) is 24.3 Å². The fraction of sp³-hybridized carbons (Fsp3) is 0.316. The van der Waals surface area contributed by atoms with Crippen LogP contribution in [0.2, 0.25) is 5.02 Å². The quantitative estimate of drug-likeness (QED) is 0.723. The van der Waals surface area contributed by atoms with Crippen LogP contribution in [0.3, 0.4) is 0 Å². The Balaban J connectivity index is 2.54. The van der Waals surface area contributed by atoms with Crippen LogP contribution in [0.1, 0.15) is 18.9 Å². The Kier molecular flexibility index (Phi) is 7.10. The van der Waals surface area contributed by atoms with Crippen molar-refractivity contribution >= 4 is 33.2 Å². The van der Waals surface area contributed by atoms with E-state index in [2.05, 4.69) is 5.32 Å². The molecule has 2 aromatic rings. The van der Waals surface area contributed by atoms with Crippen molar-refractivity contribution in [2.75, 3.05) is 24.5 Å². The first-order valence-electron chi connectivity index (χ1n) is 8.49. The van der Waals surface area contributed by atoms with Gasteiger partial charge < -0.3 is 10.1 Å². The summed E-state index contributed by atoms with van der Waals surface area (Å²) in [4.78, 5) is 12.4. The fourth-order valence-corrected chi connectivity index (χ4v) is 4.04. The van der Waals surface area contributed by atoms with Crippen molar-refractivity contribution < 1.29 is 17.9 Å². The fourth-order valence-electron chi connectivity index (χ4n) is 2.45. The second-order valence-electron chi connectivity index (χ2n) is 5.99. The van der Waals surface area contributed by atoms with Crippen LogP contribution in [0.5, 0.6) is 5.75 Å². The predicted octanol–water partition coefficient (Wildman–Crippen LogP) is 3.38. The summed E-state index contributed by atoms with van der Waals surface area (Å²) in [5.74, 6) is -0.104. The highest BCUT2D eigenvalue weighted by molar-refractivity contribution is 7.92. The van der Waals surface area contributed by atoms with Gasteiger partial charge in [0.1, 0.15) is 12.3 Å². The molecule has 0 unspecified atom stereocenters. The van der Waals surface area contributed by atoms with Crippen LogP contribution >= 0.6 is 11.6 Å². The number of aryl methyl sites for hydroxylation is 1. The largest absolute Gasteiger partial charge is 0.495 e. The van der Waals surface area contributed by atoms with Crippen molar-refractivity contribution in [3.63, 3.8) is 0 Å². The van der Waals surface area contributed by atoms with Crippen molar-refractivity contribution in [3.8, 4) is 5.75 Å². The van der Waals surface area contributed by atoms with Crippen LogP contribution in [0.15, 0.2) is 47.4 Å². The van der Waals surface area contributed by atoms with E-state index in [9.17, 15) is 13.2 Å². The average molecular weight is 411 g/mol. The molecule has 0 saturated carbocycles. The van der Waals surface area contributed by atoms with Crippen molar-refractivity contribution in [2.24, 2.45) is 0 Å². The molecule has 0 radical (unpaired) electrons. The summed E-state index contributed by atoms with van der Waals surface area (Å²) < 4.78 is 32.9. The molecule has 0 aliphatic carbocycles. The third-order valence-corrected chi connectivity index (χ3v) is 5.89. The SMILES string of the molecule is CCCNC(=O)CN(c1cc(Cl)ccc1OC)S(=O)(=O)c1ccc(C)cc1. The standard InChI is InChI=1S/C19H23ClN2O4S/c1-4-11-21-19(23)13-22(17-12-15(20)7-10-18(17)26-3)27(24,25)16-8-5-14(2)6-9-16/h5-10,12H,4,11,13H2,1-3H3,(H,21,23). The van der Waals surface area contributed by atoms with Gasteiger partial charge in [-0.1, -0.05) is 36.2 Å². The number of sulfonamides is 1. The molecule has 27 heavy (non-hydrogen) atoms. The van der Waals surface area contributed by atoms with Crippen LogP contribution in [-0.2, 0) is 14.8 Å². The van der Waals surface area contributed by atoms with Crippen LogP contribution in [0.25, 0.3) is 0 Å². The number of methoxy groups -OCH3 is 1. The summed E-state index contributed by atoms with van der Waals surface area (Å²) in [6, 6.07) is 11.1. The Morgan fingerprint density at radius 2 is 1.85 bits per heavy atom. The molecule has 0 bridgehead atoms. The maximum Gasteiger partial charge on any atom is 0.264 e. The van der Waals surface area contributed by atoms with E-state index < -0.39 is 15.9 Å². The highest BCUT2D eigenvalue weighted by Crippen LogP contribution is 2.34. The summed E-state index contributed by atoms with van der Waals surface area (Å²) in [6.45, 7) is 3.87. The zero-order valence-electron chi connectivity index (χ0n) is 15.5. The van der Waals surface area contributed by atoms with E-state index in [4.69, 9.17) is 16.3 Å². The molecule has 0 heterocycles. The molecule has 0 atom stereocenters. The number of carbonyl (C=O) groups is 1. The van der Waals surface area contributed by atoms with Gasteiger partial charge in [0.15, 0.2) is 0 Å². The average Bonchev–Trinajstić information content (AvgIpc) is 2.64. The van der Waals surface area contributed by atoms with E-state index >= 15 is 0 Å². The lowest BCUT2D eigenvalue weighted by Gasteiger charge is -2.26. The first kappa shape index (κ1) is 21.1. The van der Waals surface area contributed by atoms with Crippen molar-refractivity contribution in [1.82, 2.24) is 5.32 Å². The van der Waals surface area contributed by atoms with E-state index in [1.807, 2.05) is 13.8 Å². The van der Waals surface area contributed by atoms with Gasteiger partial charge in [-0.05, 0) is 43.7 Å². The molecular weight excluding hydrogens is 388 g/mol. The molecule has 0 aliphatic heterocycles. The zero-order valence-corrected chi connectivity index (χ0v) is 17.1. The van der Waals surface area contributed by atoms with E-state index in [1.165, 1.54) is 25.3 Å². The number of hydrogen-bond donors (Lipinski definition) is 1. The lowest BCUT2D eigenvalue weighted by atomic mass is 10.2. The van der Waals surface area contributed by atoms with Gasteiger partial charge in [-0.25, -0.2) is 8.42 Å². The minimum atomic E-state index is -4.01. The van der Waals surface area contributed by atoms with Gasteiger partial charge >= 0.3 is 0 Å². The number of rotatable bonds is 8. The number of nitrogens with one attached hydrogen (secondary N) is 1. The first-order valence-corrected chi connectivity index (χ1v) is 10.3. The second kappa shape index (κ2) is 9.10. The van der Waals surface area contributed by atoms with Gasteiger partial charge in [0, 0.05) is 11.6 Å². The molecular formula is C19H23ClN2O4S. The number of halogens is 1. The molecule has 0 aliphatic rings. The Bertz CT molecular complexity index is 898. The molecule has 1 amide bonds. The second-order valence-corrected chi connectivity index (χ2v) is 8.29. The number of ether oxygens (including phenoxy) is 1. The van der Waals surface area contributed by atoms with Gasteiger partial charge in [-0.2, -0.15) is 0 Å². The Labute approximate surface area is 165 Å². The zero-order chi connectivity index (χ0) is 20.0. The molecule has 8 heteroatoms. The molecule has 0 fully saturated rings. The molecule has 146 valence electrons. The van der Waals surface area contributed by atoms with Gasteiger partial charge in [0.05, 0.1) is 17.7 Å². The highest BCUT2D eigenvalue weighted by atomic mass is 35.5. The minimum absolute atomic E-state index is 0.0819. The lowest BCUT2D eigenvalue weighted by molar-refractivity contribution is -0.119. The van der Waals surface area contributed by atoms with E-state index in [-0.39, 0.29) is 17.1 Å². The number of carbonyl (C=O) groups excluding carboxylic acids is 1. The third kappa shape index (κ3) is 5.14.